The third-order valence-corrected chi connectivity index (χ3v) is 5.61. The molecule has 1 heterocycles. The molecular weight excluding hydrogens is 448 g/mol. The van der Waals surface area contributed by atoms with E-state index in [1.807, 2.05) is 42.5 Å². The first-order valence-corrected chi connectivity index (χ1v) is 10.8. The van der Waals surface area contributed by atoms with Crippen LogP contribution in [0, 0.1) is 0 Å². The molecule has 4 aromatic rings. The summed E-state index contributed by atoms with van der Waals surface area (Å²) < 4.78 is 33.3. The van der Waals surface area contributed by atoms with E-state index in [9.17, 15) is 4.79 Å². The van der Waals surface area contributed by atoms with Crippen molar-refractivity contribution in [2.24, 2.45) is 0 Å². The highest BCUT2D eigenvalue weighted by Crippen LogP contribution is 2.40. The molecule has 0 N–H and O–H groups in total. The van der Waals surface area contributed by atoms with Gasteiger partial charge in [-0.2, -0.15) is 0 Å². The van der Waals surface area contributed by atoms with Crippen molar-refractivity contribution < 1.29 is 28.1 Å². The normalized spacial score (nSPS) is 11.0. The van der Waals surface area contributed by atoms with Crippen LogP contribution in [-0.2, 0) is 0 Å². The van der Waals surface area contributed by atoms with Gasteiger partial charge in [-0.1, -0.05) is 24.3 Å². The molecule has 7 heteroatoms. The minimum atomic E-state index is -0.217. The molecule has 0 saturated heterocycles. The van der Waals surface area contributed by atoms with Crippen molar-refractivity contribution in [3.8, 4) is 40.1 Å². The highest BCUT2D eigenvalue weighted by atomic mass is 16.5. The zero-order valence-corrected chi connectivity index (χ0v) is 20.2. The molecule has 0 radical (unpaired) electrons. The zero-order valence-electron chi connectivity index (χ0n) is 20.2. The SMILES string of the molecule is COc1ccc(/C=C/c2cc(OC)cc(OC)c2-c2cc(=O)c3cc(OC)c(OC)cc3o2)cc1. The molecule has 0 saturated carbocycles. The average Bonchev–Trinajstić information content (AvgIpc) is 2.90. The smallest absolute Gasteiger partial charge is 0.193 e. The van der Waals surface area contributed by atoms with E-state index in [0.29, 0.717) is 45.3 Å². The molecular formula is C28H26O7. The number of fused-ring (bicyclic) bond motifs is 1. The number of benzene rings is 3. The minimum absolute atomic E-state index is 0.217. The number of methoxy groups -OCH3 is 5. The first-order valence-electron chi connectivity index (χ1n) is 10.8. The molecule has 0 aliphatic carbocycles. The summed E-state index contributed by atoms with van der Waals surface area (Å²) in [4.78, 5) is 13.1. The van der Waals surface area contributed by atoms with E-state index in [0.717, 1.165) is 16.9 Å². The molecule has 0 atom stereocenters. The molecule has 0 unspecified atom stereocenters. The maximum atomic E-state index is 13.1. The summed E-state index contributed by atoms with van der Waals surface area (Å²) >= 11 is 0. The summed E-state index contributed by atoms with van der Waals surface area (Å²) in [5, 5.41) is 0.384. The summed E-state index contributed by atoms with van der Waals surface area (Å²) in [5.41, 5.74) is 2.49. The monoisotopic (exact) mass is 474 g/mol. The third kappa shape index (κ3) is 4.80. The van der Waals surface area contributed by atoms with Gasteiger partial charge in [0.1, 0.15) is 28.6 Å². The van der Waals surface area contributed by atoms with Crippen LogP contribution < -0.4 is 29.1 Å². The molecule has 35 heavy (non-hydrogen) atoms. The zero-order chi connectivity index (χ0) is 24.9. The van der Waals surface area contributed by atoms with E-state index in [1.165, 1.54) is 20.3 Å². The Balaban J connectivity index is 1.91. The molecule has 0 spiro atoms. The molecule has 3 aromatic carbocycles. The summed E-state index contributed by atoms with van der Waals surface area (Å²) in [6, 6.07) is 16.0. The molecule has 7 nitrogen and oxygen atoms in total. The van der Waals surface area contributed by atoms with Crippen LogP contribution in [0.5, 0.6) is 28.7 Å². The Hall–Kier alpha value is -4.39. The Bertz CT molecular complexity index is 1430. The molecule has 0 fully saturated rings. The Morgan fingerprint density at radius 3 is 1.94 bits per heavy atom. The van der Waals surface area contributed by atoms with Gasteiger partial charge in [0.05, 0.1) is 46.5 Å². The predicted octanol–water partition coefficient (Wildman–Crippen LogP) is 5.67. The van der Waals surface area contributed by atoms with Gasteiger partial charge in [0.25, 0.3) is 0 Å². The van der Waals surface area contributed by atoms with E-state index in [2.05, 4.69) is 0 Å². The van der Waals surface area contributed by atoms with E-state index >= 15 is 0 Å². The van der Waals surface area contributed by atoms with Crippen molar-refractivity contribution in [2.45, 2.75) is 0 Å². The standard InChI is InChI=1S/C28H26O7/c1-30-19-10-7-17(8-11-19)6-9-18-12-20(31-2)13-26(34-5)28(18)27-15-22(29)21-14-24(32-3)25(33-4)16-23(21)35-27/h6-16H,1-5H3/b9-6+. The van der Waals surface area contributed by atoms with Crippen molar-refractivity contribution in [2.75, 3.05) is 35.5 Å². The molecule has 0 bridgehead atoms. The molecule has 0 aliphatic rings. The van der Waals surface area contributed by atoms with Crippen LogP contribution in [0.4, 0.5) is 0 Å². The second-order valence-electron chi connectivity index (χ2n) is 7.58. The lowest BCUT2D eigenvalue weighted by Gasteiger charge is -2.15. The molecule has 180 valence electrons. The number of rotatable bonds is 8. The van der Waals surface area contributed by atoms with E-state index in [-0.39, 0.29) is 5.43 Å². The maximum Gasteiger partial charge on any atom is 0.193 e. The fourth-order valence-corrected chi connectivity index (χ4v) is 3.79. The lowest BCUT2D eigenvalue weighted by atomic mass is 10.0. The summed E-state index contributed by atoms with van der Waals surface area (Å²) in [6.07, 6.45) is 3.87. The number of hydrogen-bond acceptors (Lipinski definition) is 7. The first kappa shape index (κ1) is 23.8. The van der Waals surface area contributed by atoms with E-state index in [4.69, 9.17) is 28.1 Å². The average molecular weight is 475 g/mol. The molecule has 0 amide bonds. The maximum absolute atomic E-state index is 13.1. The predicted molar refractivity (Wildman–Crippen MR) is 136 cm³/mol. The van der Waals surface area contributed by atoms with E-state index in [1.54, 1.807) is 39.5 Å². The fraction of sp³-hybridized carbons (Fsp3) is 0.179. The Morgan fingerprint density at radius 1 is 0.657 bits per heavy atom. The van der Waals surface area contributed by atoms with Gasteiger partial charge in [0.15, 0.2) is 16.9 Å². The van der Waals surface area contributed by atoms with Gasteiger partial charge in [0.2, 0.25) is 0 Å². The van der Waals surface area contributed by atoms with Gasteiger partial charge in [-0.25, -0.2) is 0 Å². The van der Waals surface area contributed by atoms with Crippen LogP contribution in [0.3, 0.4) is 0 Å². The van der Waals surface area contributed by atoms with Gasteiger partial charge < -0.3 is 28.1 Å². The highest BCUT2D eigenvalue weighted by Gasteiger charge is 2.18. The Morgan fingerprint density at radius 2 is 1.31 bits per heavy atom. The molecule has 1 aromatic heterocycles. The topological polar surface area (TPSA) is 76.4 Å². The summed E-state index contributed by atoms with van der Waals surface area (Å²) in [7, 11) is 7.82. The van der Waals surface area contributed by atoms with Gasteiger partial charge >= 0.3 is 0 Å². The largest absolute Gasteiger partial charge is 0.497 e. The first-order chi connectivity index (χ1) is 17.0. The van der Waals surface area contributed by atoms with Crippen molar-refractivity contribution in [1.82, 2.24) is 0 Å². The van der Waals surface area contributed by atoms with Crippen LogP contribution in [0.1, 0.15) is 11.1 Å². The van der Waals surface area contributed by atoms with E-state index < -0.39 is 0 Å². The quantitative estimate of drug-likeness (QED) is 0.304. The summed E-state index contributed by atoms with van der Waals surface area (Å²) in [6.45, 7) is 0. The van der Waals surface area contributed by atoms with Crippen LogP contribution in [0.15, 0.2) is 63.8 Å². The Kier molecular flexibility index (Phi) is 6.96. The molecule has 0 aliphatic heterocycles. The van der Waals surface area contributed by atoms with Gasteiger partial charge in [-0.05, 0) is 35.4 Å². The van der Waals surface area contributed by atoms with Crippen LogP contribution in [0.25, 0.3) is 34.4 Å². The number of ether oxygens (including phenoxy) is 5. The Labute approximate surface area is 203 Å². The van der Waals surface area contributed by atoms with Crippen LogP contribution >= 0.6 is 0 Å². The second-order valence-corrected chi connectivity index (χ2v) is 7.58. The minimum Gasteiger partial charge on any atom is -0.497 e. The van der Waals surface area contributed by atoms with Crippen molar-refractivity contribution in [3.63, 3.8) is 0 Å². The highest BCUT2D eigenvalue weighted by molar-refractivity contribution is 5.87. The van der Waals surface area contributed by atoms with Gasteiger partial charge in [-0.3, -0.25) is 4.79 Å². The third-order valence-electron chi connectivity index (χ3n) is 5.61. The van der Waals surface area contributed by atoms with Crippen LogP contribution in [-0.4, -0.2) is 35.5 Å². The lowest BCUT2D eigenvalue weighted by Crippen LogP contribution is -2.03. The van der Waals surface area contributed by atoms with Gasteiger partial charge in [0, 0.05) is 18.2 Å². The van der Waals surface area contributed by atoms with Crippen molar-refractivity contribution in [3.05, 3.63) is 75.9 Å². The van der Waals surface area contributed by atoms with Crippen molar-refractivity contribution in [1.29, 1.82) is 0 Å². The van der Waals surface area contributed by atoms with Gasteiger partial charge in [-0.15, -0.1) is 0 Å². The van der Waals surface area contributed by atoms with Crippen LogP contribution in [0.2, 0.25) is 0 Å². The lowest BCUT2D eigenvalue weighted by molar-refractivity contribution is 0.355. The van der Waals surface area contributed by atoms with Crippen molar-refractivity contribution >= 4 is 23.1 Å². The number of hydrogen-bond donors (Lipinski definition) is 0. The summed E-state index contributed by atoms with van der Waals surface area (Å²) in [5.74, 6) is 3.14. The fourth-order valence-electron chi connectivity index (χ4n) is 3.79. The molecule has 4 rings (SSSR count). The second kappa shape index (κ2) is 10.3.